The van der Waals surface area contributed by atoms with Crippen molar-refractivity contribution in [3.8, 4) is 0 Å². The number of fused-ring (bicyclic) bond motifs is 2. The van der Waals surface area contributed by atoms with Crippen LogP contribution in [0.2, 0.25) is 0 Å². The van der Waals surface area contributed by atoms with Gasteiger partial charge < -0.3 is 10.1 Å². The van der Waals surface area contributed by atoms with E-state index in [0.29, 0.717) is 11.6 Å². The fourth-order valence-electron chi connectivity index (χ4n) is 3.44. The first-order chi connectivity index (χ1) is 6.20. The van der Waals surface area contributed by atoms with Gasteiger partial charge >= 0.3 is 0 Å². The molecule has 76 valence electrons. The Morgan fingerprint density at radius 3 is 2.69 bits per heavy atom. The van der Waals surface area contributed by atoms with Crippen molar-refractivity contribution in [2.24, 2.45) is 5.92 Å². The first-order valence-corrected chi connectivity index (χ1v) is 5.50. The second-order valence-electron chi connectivity index (χ2n) is 4.88. The number of hydrogen-bond acceptors (Lipinski definition) is 2. The van der Waals surface area contributed by atoms with Gasteiger partial charge in [0.15, 0.2) is 0 Å². The van der Waals surface area contributed by atoms with Crippen LogP contribution in [0.3, 0.4) is 0 Å². The normalized spacial score (nSPS) is 45.5. The van der Waals surface area contributed by atoms with Crippen LogP contribution in [0.5, 0.6) is 0 Å². The lowest BCUT2D eigenvalue weighted by Gasteiger charge is -2.59. The average Bonchev–Trinajstić information content (AvgIpc) is 2.03. The zero-order chi connectivity index (χ0) is 9.47. The van der Waals surface area contributed by atoms with Gasteiger partial charge in [0.05, 0.1) is 6.10 Å². The summed E-state index contributed by atoms with van der Waals surface area (Å²) in [6.45, 7) is 4.58. The number of methoxy groups -OCH3 is 1. The summed E-state index contributed by atoms with van der Waals surface area (Å²) in [6.07, 6.45) is 5.55. The minimum Gasteiger partial charge on any atom is -0.380 e. The van der Waals surface area contributed by atoms with Crippen LogP contribution in [-0.2, 0) is 4.74 Å². The van der Waals surface area contributed by atoms with E-state index in [0.717, 1.165) is 18.4 Å². The summed E-state index contributed by atoms with van der Waals surface area (Å²) in [7, 11) is 1.84. The first-order valence-electron chi connectivity index (χ1n) is 5.50. The van der Waals surface area contributed by atoms with Crippen LogP contribution in [0.15, 0.2) is 0 Å². The molecule has 2 heterocycles. The highest BCUT2D eigenvalue weighted by Crippen LogP contribution is 2.44. The predicted octanol–water partition coefficient (Wildman–Crippen LogP) is 1.94. The van der Waals surface area contributed by atoms with Gasteiger partial charge in [-0.15, -0.1) is 0 Å². The van der Waals surface area contributed by atoms with Gasteiger partial charge in [-0.2, -0.15) is 0 Å². The number of hydrogen-bond donors (Lipinski definition) is 1. The van der Waals surface area contributed by atoms with Gasteiger partial charge in [0.25, 0.3) is 0 Å². The highest BCUT2D eigenvalue weighted by atomic mass is 16.5. The third-order valence-corrected chi connectivity index (χ3v) is 3.77. The van der Waals surface area contributed by atoms with Crippen molar-refractivity contribution in [1.82, 2.24) is 5.32 Å². The average molecular weight is 183 g/mol. The lowest BCUT2D eigenvalue weighted by Crippen LogP contribution is -2.73. The van der Waals surface area contributed by atoms with E-state index in [9.17, 15) is 0 Å². The quantitative estimate of drug-likeness (QED) is 0.722. The van der Waals surface area contributed by atoms with Crippen molar-refractivity contribution < 1.29 is 4.74 Å². The van der Waals surface area contributed by atoms with Crippen LogP contribution in [0.25, 0.3) is 0 Å². The Balaban J connectivity index is 2.04. The van der Waals surface area contributed by atoms with Gasteiger partial charge in [0, 0.05) is 18.7 Å². The molecule has 3 rings (SSSR count). The van der Waals surface area contributed by atoms with Crippen molar-refractivity contribution in [2.75, 3.05) is 7.11 Å². The number of nitrogens with one attached hydrogen (secondary N) is 1. The third kappa shape index (κ3) is 1.40. The molecule has 2 aliphatic heterocycles. The lowest BCUT2D eigenvalue weighted by molar-refractivity contribution is -0.0798. The van der Waals surface area contributed by atoms with E-state index in [4.69, 9.17) is 4.74 Å². The van der Waals surface area contributed by atoms with Crippen molar-refractivity contribution >= 4 is 0 Å². The molecule has 0 amide bonds. The van der Waals surface area contributed by atoms with Crippen LogP contribution in [0.1, 0.15) is 39.5 Å². The molecule has 3 aliphatic rings. The zero-order valence-corrected chi connectivity index (χ0v) is 8.97. The van der Waals surface area contributed by atoms with Crippen LogP contribution < -0.4 is 5.32 Å². The molecule has 1 saturated carbocycles. The Hall–Kier alpha value is -0.0800. The topological polar surface area (TPSA) is 21.3 Å². The Kier molecular flexibility index (Phi) is 2.37. The second kappa shape index (κ2) is 3.25. The fourth-order valence-corrected chi connectivity index (χ4v) is 3.44. The minimum atomic E-state index is 0.339. The monoisotopic (exact) mass is 183 g/mol. The minimum absolute atomic E-state index is 0.339. The standard InChI is InChI=1S/C11H21NO/c1-4-10(13-3)11-6-8(2)5-9(7-11)12-11/h8-10,12H,4-7H2,1-3H3. The van der Waals surface area contributed by atoms with Crippen molar-refractivity contribution in [3.63, 3.8) is 0 Å². The maximum absolute atomic E-state index is 5.57. The van der Waals surface area contributed by atoms with Gasteiger partial charge in [0.1, 0.15) is 0 Å². The molecular formula is C11H21NO. The molecule has 0 aromatic carbocycles. The largest absolute Gasteiger partial charge is 0.380 e. The van der Waals surface area contributed by atoms with Gasteiger partial charge in [-0.05, 0) is 31.6 Å². The molecule has 2 nitrogen and oxygen atoms in total. The SMILES string of the molecule is CCC(OC)C12CC(C)CC(C1)N2. The molecule has 0 spiro atoms. The molecule has 0 aromatic heterocycles. The van der Waals surface area contributed by atoms with Crippen LogP contribution in [0, 0.1) is 5.92 Å². The van der Waals surface area contributed by atoms with E-state index in [1.165, 1.54) is 19.3 Å². The van der Waals surface area contributed by atoms with E-state index in [1.807, 2.05) is 7.11 Å². The summed E-state index contributed by atoms with van der Waals surface area (Å²) in [6, 6.07) is 0.785. The summed E-state index contributed by atoms with van der Waals surface area (Å²) in [5, 5.41) is 3.70. The summed E-state index contributed by atoms with van der Waals surface area (Å²) in [5.74, 6) is 0.879. The van der Waals surface area contributed by atoms with Gasteiger partial charge in [0.2, 0.25) is 0 Å². The molecule has 3 fully saturated rings. The molecule has 13 heavy (non-hydrogen) atoms. The lowest BCUT2D eigenvalue weighted by atomic mass is 9.63. The van der Waals surface area contributed by atoms with Gasteiger partial charge in [-0.3, -0.25) is 0 Å². The molecule has 1 aliphatic carbocycles. The van der Waals surface area contributed by atoms with Crippen molar-refractivity contribution in [3.05, 3.63) is 0 Å². The number of ether oxygens (including phenoxy) is 1. The van der Waals surface area contributed by atoms with Gasteiger partial charge in [-0.1, -0.05) is 13.8 Å². The number of piperidine rings is 1. The molecule has 0 aromatic rings. The van der Waals surface area contributed by atoms with E-state index >= 15 is 0 Å². The highest BCUT2D eigenvalue weighted by Gasteiger charge is 2.52. The molecule has 2 bridgehead atoms. The Morgan fingerprint density at radius 2 is 2.23 bits per heavy atom. The molecule has 4 unspecified atom stereocenters. The van der Waals surface area contributed by atoms with Crippen molar-refractivity contribution in [2.45, 2.75) is 57.2 Å². The van der Waals surface area contributed by atoms with Gasteiger partial charge in [-0.25, -0.2) is 0 Å². The fraction of sp³-hybridized carbons (Fsp3) is 1.00. The number of rotatable bonds is 3. The molecule has 2 heteroatoms. The Labute approximate surface area is 81.0 Å². The third-order valence-electron chi connectivity index (χ3n) is 3.77. The Morgan fingerprint density at radius 1 is 1.54 bits per heavy atom. The summed E-state index contributed by atoms with van der Waals surface area (Å²) in [5.41, 5.74) is 0.339. The maximum Gasteiger partial charge on any atom is 0.0750 e. The van der Waals surface area contributed by atoms with Crippen LogP contribution >= 0.6 is 0 Å². The van der Waals surface area contributed by atoms with E-state index in [-0.39, 0.29) is 0 Å². The smallest absolute Gasteiger partial charge is 0.0750 e. The highest BCUT2D eigenvalue weighted by molar-refractivity contribution is 5.12. The van der Waals surface area contributed by atoms with E-state index in [1.54, 1.807) is 0 Å². The summed E-state index contributed by atoms with van der Waals surface area (Å²) in [4.78, 5) is 0. The van der Waals surface area contributed by atoms with Crippen LogP contribution in [-0.4, -0.2) is 24.8 Å². The predicted molar refractivity (Wildman–Crippen MR) is 53.8 cm³/mol. The molecule has 1 N–H and O–H groups in total. The van der Waals surface area contributed by atoms with E-state index < -0.39 is 0 Å². The summed E-state index contributed by atoms with van der Waals surface area (Å²) >= 11 is 0. The van der Waals surface area contributed by atoms with Crippen LogP contribution in [0.4, 0.5) is 0 Å². The second-order valence-corrected chi connectivity index (χ2v) is 4.88. The molecule has 0 radical (unpaired) electrons. The molecular weight excluding hydrogens is 162 g/mol. The van der Waals surface area contributed by atoms with Crippen molar-refractivity contribution in [1.29, 1.82) is 0 Å². The summed E-state index contributed by atoms with van der Waals surface area (Å²) < 4.78 is 5.57. The maximum atomic E-state index is 5.57. The molecule has 2 saturated heterocycles. The Bertz CT molecular complexity index is 183. The zero-order valence-electron chi connectivity index (χ0n) is 8.97. The first kappa shape index (κ1) is 9.47. The molecule has 4 atom stereocenters. The van der Waals surface area contributed by atoms with E-state index in [2.05, 4.69) is 19.2 Å².